The highest BCUT2D eigenvalue weighted by Crippen LogP contribution is 2.32. The van der Waals surface area contributed by atoms with E-state index in [0.717, 1.165) is 5.56 Å². The van der Waals surface area contributed by atoms with Crippen molar-refractivity contribution in [3.63, 3.8) is 0 Å². The Balaban J connectivity index is 2.05. The number of halogens is 1. The van der Waals surface area contributed by atoms with E-state index in [-0.39, 0.29) is 5.92 Å². The Bertz CT molecular complexity index is 481. The topological polar surface area (TPSA) is 49.8 Å². The Morgan fingerprint density at radius 2 is 1.95 bits per heavy atom. The Kier molecular flexibility index (Phi) is 4.25. The molecule has 0 aliphatic carbocycles. The number of likely N-dealkylation sites (tertiary alicyclic amines) is 1. The van der Waals surface area contributed by atoms with E-state index in [1.807, 2.05) is 45.0 Å². The summed E-state index contributed by atoms with van der Waals surface area (Å²) in [6, 6.07) is 7.50. The molecule has 1 amide bonds. The van der Waals surface area contributed by atoms with Gasteiger partial charge in [0.05, 0.1) is 0 Å². The van der Waals surface area contributed by atoms with Crippen molar-refractivity contribution in [2.75, 3.05) is 6.54 Å². The molecule has 4 nitrogen and oxygen atoms in total. The number of hydrogen-bond donors (Lipinski definition) is 1. The third-order valence-corrected chi connectivity index (χ3v) is 3.49. The van der Waals surface area contributed by atoms with Crippen molar-refractivity contribution in [2.45, 2.75) is 44.9 Å². The molecule has 2 rings (SSSR count). The van der Waals surface area contributed by atoms with E-state index in [2.05, 4.69) is 0 Å². The van der Waals surface area contributed by atoms with Crippen molar-refractivity contribution in [2.24, 2.45) is 0 Å². The van der Waals surface area contributed by atoms with Crippen molar-refractivity contribution in [3.05, 3.63) is 34.9 Å². The first-order valence-electron chi connectivity index (χ1n) is 6.69. The van der Waals surface area contributed by atoms with Crippen LogP contribution in [-0.4, -0.2) is 34.5 Å². The SMILES string of the molecule is CC(C)(C)OC(=O)N1CC(c2ccc(Cl)cc2)CC1O. The number of amides is 1. The van der Waals surface area contributed by atoms with Crippen LogP contribution in [0.3, 0.4) is 0 Å². The molecule has 110 valence electrons. The Morgan fingerprint density at radius 1 is 1.35 bits per heavy atom. The van der Waals surface area contributed by atoms with E-state index in [9.17, 15) is 9.90 Å². The van der Waals surface area contributed by atoms with Crippen LogP contribution in [0.15, 0.2) is 24.3 Å². The molecule has 1 aromatic carbocycles. The summed E-state index contributed by atoms with van der Waals surface area (Å²) in [5.41, 5.74) is 0.509. The van der Waals surface area contributed by atoms with Gasteiger partial charge in [-0.1, -0.05) is 23.7 Å². The van der Waals surface area contributed by atoms with Crippen LogP contribution in [0.1, 0.15) is 38.7 Å². The van der Waals surface area contributed by atoms with E-state index in [0.29, 0.717) is 18.0 Å². The number of nitrogens with zero attached hydrogens (tertiary/aromatic N) is 1. The summed E-state index contributed by atoms with van der Waals surface area (Å²) < 4.78 is 5.30. The lowest BCUT2D eigenvalue weighted by Gasteiger charge is -2.26. The van der Waals surface area contributed by atoms with Gasteiger partial charge in [-0.15, -0.1) is 0 Å². The molecule has 0 saturated carbocycles. The lowest BCUT2D eigenvalue weighted by atomic mass is 9.98. The molecule has 1 aromatic rings. The Morgan fingerprint density at radius 3 is 2.50 bits per heavy atom. The normalized spacial score (nSPS) is 22.9. The van der Waals surface area contributed by atoms with Crippen LogP contribution in [0.4, 0.5) is 4.79 Å². The van der Waals surface area contributed by atoms with Crippen molar-refractivity contribution in [3.8, 4) is 0 Å². The molecule has 1 N–H and O–H groups in total. The minimum atomic E-state index is -0.800. The highest BCUT2D eigenvalue weighted by molar-refractivity contribution is 6.30. The minimum absolute atomic E-state index is 0.106. The van der Waals surface area contributed by atoms with Gasteiger partial charge in [0.25, 0.3) is 0 Å². The van der Waals surface area contributed by atoms with Gasteiger partial charge < -0.3 is 9.84 Å². The van der Waals surface area contributed by atoms with E-state index in [1.54, 1.807) is 0 Å². The number of hydrogen-bond acceptors (Lipinski definition) is 3. The molecule has 20 heavy (non-hydrogen) atoms. The number of aliphatic hydroxyl groups is 1. The van der Waals surface area contributed by atoms with E-state index < -0.39 is 17.9 Å². The Hall–Kier alpha value is -1.26. The number of benzene rings is 1. The summed E-state index contributed by atoms with van der Waals surface area (Å²) in [7, 11) is 0. The van der Waals surface area contributed by atoms with E-state index >= 15 is 0 Å². The molecule has 0 spiro atoms. The number of rotatable bonds is 1. The van der Waals surface area contributed by atoms with E-state index in [1.165, 1.54) is 4.90 Å². The first kappa shape index (κ1) is 15.1. The van der Waals surface area contributed by atoms with Gasteiger partial charge >= 0.3 is 6.09 Å². The van der Waals surface area contributed by atoms with Gasteiger partial charge in [-0.25, -0.2) is 4.79 Å². The first-order valence-corrected chi connectivity index (χ1v) is 7.07. The minimum Gasteiger partial charge on any atom is -0.444 e. The molecule has 0 aromatic heterocycles. The standard InChI is InChI=1S/C15H20ClNO3/c1-15(2,3)20-14(19)17-9-11(8-13(17)18)10-4-6-12(16)7-5-10/h4-7,11,13,18H,8-9H2,1-3H3. The molecule has 5 heteroatoms. The molecule has 1 aliphatic rings. The quantitative estimate of drug-likeness (QED) is 0.864. The van der Waals surface area contributed by atoms with Crippen LogP contribution in [0.25, 0.3) is 0 Å². The summed E-state index contributed by atoms with van der Waals surface area (Å²) >= 11 is 5.86. The third-order valence-electron chi connectivity index (χ3n) is 3.24. The van der Waals surface area contributed by atoms with Gasteiger partial charge in [-0.05, 0) is 38.5 Å². The molecule has 2 atom stereocenters. The second-order valence-electron chi connectivity index (χ2n) is 6.10. The summed E-state index contributed by atoms with van der Waals surface area (Å²) in [6.45, 7) is 5.88. The second-order valence-corrected chi connectivity index (χ2v) is 6.53. The summed E-state index contributed by atoms with van der Waals surface area (Å²) in [4.78, 5) is 13.4. The Labute approximate surface area is 124 Å². The molecule has 1 aliphatic heterocycles. The number of carbonyl (C=O) groups is 1. The summed E-state index contributed by atoms with van der Waals surface area (Å²) in [5, 5.41) is 10.7. The summed E-state index contributed by atoms with van der Waals surface area (Å²) in [6.07, 6.45) is -0.757. The third kappa shape index (κ3) is 3.64. The van der Waals surface area contributed by atoms with Crippen molar-refractivity contribution >= 4 is 17.7 Å². The van der Waals surface area contributed by atoms with Gasteiger partial charge in [0.15, 0.2) is 0 Å². The van der Waals surface area contributed by atoms with Crippen molar-refractivity contribution < 1.29 is 14.6 Å². The van der Waals surface area contributed by atoms with Crippen LogP contribution in [0, 0.1) is 0 Å². The number of ether oxygens (including phenoxy) is 1. The van der Waals surface area contributed by atoms with Crippen molar-refractivity contribution in [1.82, 2.24) is 4.90 Å². The van der Waals surface area contributed by atoms with E-state index in [4.69, 9.17) is 16.3 Å². The average molecular weight is 298 g/mol. The van der Waals surface area contributed by atoms with Gasteiger partial charge in [0.1, 0.15) is 11.8 Å². The lowest BCUT2D eigenvalue weighted by Crippen LogP contribution is -2.39. The molecular formula is C15H20ClNO3. The lowest BCUT2D eigenvalue weighted by molar-refractivity contribution is -0.0128. The fourth-order valence-electron chi connectivity index (χ4n) is 2.31. The maximum Gasteiger partial charge on any atom is 0.412 e. The molecule has 1 fully saturated rings. The highest BCUT2D eigenvalue weighted by atomic mass is 35.5. The molecule has 1 saturated heterocycles. The zero-order valence-corrected chi connectivity index (χ0v) is 12.7. The van der Waals surface area contributed by atoms with Crippen LogP contribution in [-0.2, 0) is 4.74 Å². The fourth-order valence-corrected chi connectivity index (χ4v) is 2.43. The average Bonchev–Trinajstić information content (AvgIpc) is 2.70. The zero-order chi connectivity index (χ0) is 14.9. The largest absolute Gasteiger partial charge is 0.444 e. The zero-order valence-electron chi connectivity index (χ0n) is 12.0. The first-order chi connectivity index (χ1) is 9.26. The highest BCUT2D eigenvalue weighted by Gasteiger charge is 2.36. The molecule has 2 unspecified atom stereocenters. The van der Waals surface area contributed by atoms with Gasteiger partial charge in [-0.2, -0.15) is 0 Å². The van der Waals surface area contributed by atoms with Crippen LogP contribution in [0.2, 0.25) is 5.02 Å². The smallest absolute Gasteiger partial charge is 0.412 e. The predicted molar refractivity (Wildman–Crippen MR) is 77.8 cm³/mol. The monoisotopic (exact) mass is 297 g/mol. The van der Waals surface area contributed by atoms with Crippen molar-refractivity contribution in [1.29, 1.82) is 0 Å². The molecule has 0 bridgehead atoms. The summed E-state index contributed by atoms with van der Waals surface area (Å²) in [5.74, 6) is 0.106. The van der Waals surface area contributed by atoms with Crippen LogP contribution in [0.5, 0.6) is 0 Å². The second kappa shape index (κ2) is 5.62. The fraction of sp³-hybridized carbons (Fsp3) is 0.533. The van der Waals surface area contributed by atoms with Crippen LogP contribution >= 0.6 is 11.6 Å². The molecule has 1 heterocycles. The van der Waals surface area contributed by atoms with Crippen LogP contribution < -0.4 is 0 Å². The van der Waals surface area contributed by atoms with Gasteiger partial charge in [-0.3, -0.25) is 4.90 Å². The molecular weight excluding hydrogens is 278 g/mol. The maximum absolute atomic E-state index is 12.0. The van der Waals surface area contributed by atoms with Gasteiger partial charge in [0.2, 0.25) is 0 Å². The number of carbonyl (C=O) groups excluding carboxylic acids is 1. The maximum atomic E-state index is 12.0. The molecule has 0 radical (unpaired) electrons. The van der Waals surface area contributed by atoms with Gasteiger partial charge in [0, 0.05) is 23.9 Å². The number of aliphatic hydroxyl groups excluding tert-OH is 1. The predicted octanol–water partition coefficient (Wildman–Crippen LogP) is 3.38.